The standard InChI is InChI=1S/C23H23N7O2/c1-27-12-15-3-5-16(6-4-15)18(25)11-20(31)22-23(26)28-13-19(29-22)17-7-8-21(32)30(14-17)10-2-9-24/h3-8,11,13-14,25,27,31H,2,10,12H2,1H3,(H2,26,28)/b20-11-,25-18?. The molecule has 9 heteroatoms. The molecule has 32 heavy (non-hydrogen) atoms. The Balaban J connectivity index is 1.90. The van der Waals surface area contributed by atoms with E-state index in [-0.39, 0.29) is 41.5 Å². The molecule has 2 aromatic heterocycles. The lowest BCUT2D eigenvalue weighted by Crippen LogP contribution is -2.18. The number of nitriles is 1. The number of rotatable bonds is 8. The molecule has 0 aliphatic rings. The number of anilines is 1. The second kappa shape index (κ2) is 10.1. The van der Waals surface area contributed by atoms with Gasteiger partial charge in [0.2, 0.25) is 0 Å². The van der Waals surface area contributed by atoms with Gasteiger partial charge in [-0.3, -0.25) is 4.79 Å². The van der Waals surface area contributed by atoms with Gasteiger partial charge in [0.25, 0.3) is 5.56 Å². The summed E-state index contributed by atoms with van der Waals surface area (Å²) < 4.78 is 1.42. The van der Waals surface area contributed by atoms with Crippen molar-refractivity contribution in [3.05, 3.63) is 82.0 Å². The Bertz CT molecular complexity index is 1250. The molecule has 0 bridgehead atoms. The van der Waals surface area contributed by atoms with Crippen molar-refractivity contribution in [2.45, 2.75) is 19.5 Å². The number of aromatic nitrogens is 3. The molecule has 0 fully saturated rings. The summed E-state index contributed by atoms with van der Waals surface area (Å²) in [5, 5.41) is 30.7. The minimum Gasteiger partial charge on any atom is -0.505 e. The van der Waals surface area contributed by atoms with Crippen LogP contribution in [-0.4, -0.2) is 32.4 Å². The summed E-state index contributed by atoms with van der Waals surface area (Å²) in [4.78, 5) is 20.5. The van der Waals surface area contributed by atoms with Crippen LogP contribution in [0.5, 0.6) is 0 Å². The summed E-state index contributed by atoms with van der Waals surface area (Å²) in [6, 6.07) is 12.4. The highest BCUT2D eigenvalue weighted by molar-refractivity contribution is 6.09. The molecular weight excluding hydrogens is 406 g/mol. The van der Waals surface area contributed by atoms with Crippen LogP contribution >= 0.6 is 0 Å². The van der Waals surface area contributed by atoms with E-state index < -0.39 is 0 Å². The summed E-state index contributed by atoms with van der Waals surface area (Å²) in [5.74, 6) is -0.281. The van der Waals surface area contributed by atoms with Crippen molar-refractivity contribution in [2.75, 3.05) is 12.8 Å². The number of pyridine rings is 1. The minimum atomic E-state index is -0.293. The van der Waals surface area contributed by atoms with Crippen LogP contribution in [0, 0.1) is 16.7 Å². The Morgan fingerprint density at radius 2 is 2.06 bits per heavy atom. The molecule has 9 nitrogen and oxygen atoms in total. The van der Waals surface area contributed by atoms with E-state index in [9.17, 15) is 9.90 Å². The topological polar surface area (TPSA) is 154 Å². The van der Waals surface area contributed by atoms with Gasteiger partial charge in [-0.25, -0.2) is 9.97 Å². The van der Waals surface area contributed by atoms with Gasteiger partial charge in [0.15, 0.2) is 5.82 Å². The third-order valence-electron chi connectivity index (χ3n) is 4.71. The molecule has 2 heterocycles. The van der Waals surface area contributed by atoms with E-state index in [0.29, 0.717) is 16.8 Å². The van der Waals surface area contributed by atoms with Gasteiger partial charge in [0.1, 0.15) is 11.5 Å². The monoisotopic (exact) mass is 429 g/mol. The number of allylic oxidation sites excluding steroid dienone is 1. The van der Waals surface area contributed by atoms with Gasteiger partial charge in [-0.2, -0.15) is 5.26 Å². The Hall–Kier alpha value is -4.29. The van der Waals surface area contributed by atoms with Crippen LogP contribution in [-0.2, 0) is 13.1 Å². The van der Waals surface area contributed by atoms with E-state index in [2.05, 4.69) is 15.3 Å². The number of hydrogen-bond acceptors (Lipinski definition) is 8. The Kier molecular flexibility index (Phi) is 7.10. The Morgan fingerprint density at radius 3 is 2.75 bits per heavy atom. The second-order valence-corrected chi connectivity index (χ2v) is 7.02. The van der Waals surface area contributed by atoms with Gasteiger partial charge in [-0.05, 0) is 24.2 Å². The highest BCUT2D eigenvalue weighted by atomic mass is 16.3. The summed E-state index contributed by atoms with van der Waals surface area (Å²) in [6.07, 6.45) is 4.49. The number of nitrogens with one attached hydrogen (secondary N) is 2. The van der Waals surface area contributed by atoms with Crippen LogP contribution in [0.3, 0.4) is 0 Å². The Morgan fingerprint density at radius 1 is 1.31 bits per heavy atom. The summed E-state index contributed by atoms with van der Waals surface area (Å²) >= 11 is 0. The molecule has 0 saturated carbocycles. The highest BCUT2D eigenvalue weighted by Gasteiger charge is 2.13. The van der Waals surface area contributed by atoms with Gasteiger partial charge in [0, 0.05) is 37.0 Å². The third kappa shape index (κ3) is 5.24. The number of hydrogen-bond donors (Lipinski definition) is 4. The molecule has 0 unspecified atom stereocenters. The minimum absolute atomic E-state index is 0.0115. The van der Waals surface area contributed by atoms with E-state index in [0.717, 1.165) is 12.1 Å². The van der Waals surface area contributed by atoms with Crippen LogP contribution < -0.4 is 16.6 Å². The molecule has 0 aliphatic heterocycles. The lowest BCUT2D eigenvalue weighted by molar-refractivity contribution is 0.509. The molecule has 0 aliphatic carbocycles. The Labute approximate surface area is 185 Å². The summed E-state index contributed by atoms with van der Waals surface area (Å²) in [6.45, 7) is 0.977. The summed E-state index contributed by atoms with van der Waals surface area (Å²) in [7, 11) is 1.86. The zero-order valence-corrected chi connectivity index (χ0v) is 17.5. The van der Waals surface area contributed by atoms with Crippen LogP contribution in [0.2, 0.25) is 0 Å². The number of nitrogens with two attached hydrogens (primary N) is 1. The number of nitrogens with zero attached hydrogens (tertiary/aromatic N) is 4. The maximum atomic E-state index is 12.0. The highest BCUT2D eigenvalue weighted by Crippen LogP contribution is 2.22. The molecule has 0 saturated heterocycles. The fraction of sp³-hybridized carbons (Fsp3) is 0.174. The van der Waals surface area contributed by atoms with Gasteiger partial charge in [0.05, 0.1) is 30.1 Å². The molecule has 0 radical (unpaired) electrons. The normalized spacial score (nSPS) is 11.2. The maximum Gasteiger partial charge on any atom is 0.250 e. The zero-order chi connectivity index (χ0) is 23.1. The fourth-order valence-corrected chi connectivity index (χ4v) is 3.05. The first-order chi connectivity index (χ1) is 15.4. The molecule has 3 rings (SSSR count). The number of benzene rings is 1. The van der Waals surface area contributed by atoms with E-state index in [1.807, 2.05) is 25.2 Å². The predicted octanol–water partition coefficient (Wildman–Crippen LogP) is 2.49. The van der Waals surface area contributed by atoms with Crippen molar-refractivity contribution in [2.24, 2.45) is 0 Å². The number of nitrogen functional groups attached to an aromatic ring is 1. The van der Waals surface area contributed by atoms with E-state index >= 15 is 0 Å². The van der Waals surface area contributed by atoms with Crippen molar-refractivity contribution in [3.8, 4) is 17.3 Å². The average Bonchev–Trinajstić information content (AvgIpc) is 2.79. The van der Waals surface area contributed by atoms with Crippen LogP contribution in [0.4, 0.5) is 5.82 Å². The quantitative estimate of drug-likeness (QED) is 0.317. The zero-order valence-electron chi connectivity index (χ0n) is 17.5. The lowest BCUT2D eigenvalue weighted by Gasteiger charge is -2.09. The van der Waals surface area contributed by atoms with Gasteiger partial charge in [-0.15, -0.1) is 0 Å². The molecular formula is C23H23N7O2. The first kappa shape index (κ1) is 22.4. The van der Waals surface area contributed by atoms with Crippen LogP contribution in [0.1, 0.15) is 23.2 Å². The molecule has 0 atom stereocenters. The van der Waals surface area contributed by atoms with Gasteiger partial charge < -0.3 is 26.1 Å². The van der Waals surface area contributed by atoms with Gasteiger partial charge in [-0.1, -0.05) is 24.3 Å². The molecule has 0 amide bonds. The van der Waals surface area contributed by atoms with Crippen molar-refractivity contribution in [1.82, 2.24) is 19.9 Å². The number of aryl methyl sites for hydroxylation is 1. The first-order valence-electron chi connectivity index (χ1n) is 9.86. The molecule has 3 aromatic rings. The van der Waals surface area contributed by atoms with E-state index in [4.69, 9.17) is 16.4 Å². The number of aliphatic hydroxyl groups excluding tert-OH is 1. The SMILES string of the molecule is CNCc1ccc(C(=N)/C=C(\O)c2nc(-c3ccc(=O)n(CCC#N)c3)cnc2N)cc1. The van der Waals surface area contributed by atoms with E-state index in [1.54, 1.807) is 24.4 Å². The van der Waals surface area contributed by atoms with Crippen LogP contribution in [0.15, 0.2) is 59.7 Å². The third-order valence-corrected chi connectivity index (χ3v) is 4.71. The second-order valence-electron chi connectivity index (χ2n) is 7.02. The van der Waals surface area contributed by atoms with Crippen molar-refractivity contribution in [3.63, 3.8) is 0 Å². The molecule has 5 N–H and O–H groups in total. The van der Waals surface area contributed by atoms with Crippen molar-refractivity contribution < 1.29 is 5.11 Å². The van der Waals surface area contributed by atoms with Crippen molar-refractivity contribution >= 4 is 17.3 Å². The van der Waals surface area contributed by atoms with E-state index in [1.165, 1.54) is 22.9 Å². The number of aliphatic hydroxyl groups is 1. The maximum absolute atomic E-state index is 12.0. The van der Waals surface area contributed by atoms with Gasteiger partial charge >= 0.3 is 0 Å². The molecule has 162 valence electrons. The molecule has 0 spiro atoms. The predicted molar refractivity (Wildman–Crippen MR) is 123 cm³/mol. The largest absolute Gasteiger partial charge is 0.505 e. The van der Waals surface area contributed by atoms with Crippen molar-refractivity contribution in [1.29, 1.82) is 10.7 Å². The fourth-order valence-electron chi connectivity index (χ4n) is 3.05. The summed E-state index contributed by atoms with van der Waals surface area (Å²) in [5.41, 5.74) is 8.49. The van der Waals surface area contributed by atoms with Crippen LogP contribution in [0.25, 0.3) is 17.0 Å². The molecule has 1 aromatic carbocycles. The average molecular weight is 429 g/mol. The smallest absolute Gasteiger partial charge is 0.250 e. The lowest BCUT2D eigenvalue weighted by atomic mass is 10.1. The first-order valence-corrected chi connectivity index (χ1v) is 9.86.